The third kappa shape index (κ3) is 3.18. The topological polar surface area (TPSA) is 75.8 Å². The first-order valence-corrected chi connectivity index (χ1v) is 6.47. The zero-order valence-corrected chi connectivity index (χ0v) is 10.2. The Morgan fingerprint density at radius 2 is 2.29 bits per heavy atom. The number of ether oxygens (including phenoxy) is 1. The van der Waals surface area contributed by atoms with Gasteiger partial charge in [-0.15, -0.1) is 0 Å². The van der Waals surface area contributed by atoms with Gasteiger partial charge in [0.1, 0.15) is 0 Å². The van der Waals surface area contributed by atoms with Crippen molar-refractivity contribution in [1.29, 1.82) is 0 Å². The van der Waals surface area contributed by atoms with Crippen molar-refractivity contribution < 1.29 is 14.6 Å². The normalized spacial score (nSPS) is 34.7. The minimum Gasteiger partial charge on any atom is -0.394 e. The van der Waals surface area contributed by atoms with Crippen molar-refractivity contribution in [1.82, 2.24) is 4.90 Å². The molecular formula is C12H22N2O3. The molecule has 0 bridgehead atoms. The predicted molar refractivity (Wildman–Crippen MR) is 63.3 cm³/mol. The van der Waals surface area contributed by atoms with Crippen molar-refractivity contribution >= 4 is 5.91 Å². The van der Waals surface area contributed by atoms with E-state index in [9.17, 15) is 4.79 Å². The summed E-state index contributed by atoms with van der Waals surface area (Å²) in [6.07, 6.45) is 3.62. The van der Waals surface area contributed by atoms with Gasteiger partial charge in [-0.05, 0) is 19.3 Å². The first-order valence-electron chi connectivity index (χ1n) is 6.47. The molecule has 1 aliphatic heterocycles. The quantitative estimate of drug-likeness (QED) is 0.698. The van der Waals surface area contributed by atoms with E-state index in [2.05, 4.69) is 0 Å². The van der Waals surface area contributed by atoms with E-state index < -0.39 is 0 Å². The van der Waals surface area contributed by atoms with E-state index in [0.717, 1.165) is 25.7 Å². The van der Waals surface area contributed by atoms with Crippen LogP contribution in [0.4, 0.5) is 0 Å². The molecule has 0 aromatic rings. The van der Waals surface area contributed by atoms with E-state index in [-0.39, 0.29) is 30.6 Å². The molecule has 5 nitrogen and oxygen atoms in total. The summed E-state index contributed by atoms with van der Waals surface area (Å²) in [6.45, 7) is 1.66. The van der Waals surface area contributed by atoms with Gasteiger partial charge in [0.05, 0.1) is 19.3 Å². The molecule has 17 heavy (non-hydrogen) atoms. The Balaban J connectivity index is 1.89. The standard InChI is InChI=1S/C12H22N2O3/c13-10-3-1-2-9(6-10)12(16)14-4-5-17-11(7-14)8-15/h9-11,15H,1-8,13H2. The summed E-state index contributed by atoms with van der Waals surface area (Å²) in [7, 11) is 0. The van der Waals surface area contributed by atoms with Crippen LogP contribution in [-0.4, -0.2) is 54.4 Å². The Labute approximate surface area is 102 Å². The van der Waals surface area contributed by atoms with Gasteiger partial charge in [-0.3, -0.25) is 4.79 Å². The van der Waals surface area contributed by atoms with Gasteiger partial charge in [-0.25, -0.2) is 0 Å². The number of carbonyl (C=O) groups is 1. The number of aliphatic hydroxyl groups excluding tert-OH is 1. The smallest absolute Gasteiger partial charge is 0.225 e. The minimum absolute atomic E-state index is 0.0199. The van der Waals surface area contributed by atoms with Crippen LogP contribution in [0.5, 0.6) is 0 Å². The van der Waals surface area contributed by atoms with Crippen molar-refractivity contribution in [3.8, 4) is 0 Å². The molecule has 1 amide bonds. The molecule has 3 unspecified atom stereocenters. The van der Waals surface area contributed by atoms with Crippen molar-refractivity contribution in [2.45, 2.75) is 37.8 Å². The van der Waals surface area contributed by atoms with Crippen LogP contribution >= 0.6 is 0 Å². The van der Waals surface area contributed by atoms with E-state index in [0.29, 0.717) is 19.7 Å². The predicted octanol–water partition coefficient (Wildman–Crippen LogP) is -0.276. The average Bonchev–Trinajstić information content (AvgIpc) is 2.38. The second-order valence-electron chi connectivity index (χ2n) is 5.08. The summed E-state index contributed by atoms with van der Waals surface area (Å²) >= 11 is 0. The van der Waals surface area contributed by atoms with Gasteiger partial charge in [0, 0.05) is 25.0 Å². The fraction of sp³-hybridized carbons (Fsp3) is 0.917. The lowest BCUT2D eigenvalue weighted by atomic mass is 9.85. The molecule has 98 valence electrons. The second-order valence-corrected chi connectivity index (χ2v) is 5.08. The Kier molecular flexibility index (Phi) is 4.36. The maximum atomic E-state index is 12.3. The van der Waals surface area contributed by atoms with Crippen LogP contribution < -0.4 is 5.73 Å². The third-order valence-corrected chi connectivity index (χ3v) is 3.72. The molecule has 0 aromatic heterocycles. The van der Waals surface area contributed by atoms with Crippen molar-refractivity contribution in [2.24, 2.45) is 11.7 Å². The summed E-state index contributed by atoms with van der Waals surface area (Å²) in [4.78, 5) is 14.1. The molecule has 2 rings (SSSR count). The zero-order valence-electron chi connectivity index (χ0n) is 10.2. The first kappa shape index (κ1) is 12.8. The van der Waals surface area contributed by atoms with Gasteiger partial charge >= 0.3 is 0 Å². The fourth-order valence-corrected chi connectivity index (χ4v) is 2.74. The molecule has 0 spiro atoms. The van der Waals surface area contributed by atoms with Crippen LogP contribution in [0.25, 0.3) is 0 Å². The number of amides is 1. The van der Waals surface area contributed by atoms with Crippen molar-refractivity contribution in [3.05, 3.63) is 0 Å². The van der Waals surface area contributed by atoms with Gasteiger partial charge in [0.15, 0.2) is 0 Å². The van der Waals surface area contributed by atoms with E-state index in [4.69, 9.17) is 15.6 Å². The lowest BCUT2D eigenvalue weighted by Gasteiger charge is -2.36. The molecule has 1 aliphatic carbocycles. The van der Waals surface area contributed by atoms with Gasteiger partial charge in [0.25, 0.3) is 0 Å². The summed E-state index contributed by atoms with van der Waals surface area (Å²) < 4.78 is 5.35. The zero-order chi connectivity index (χ0) is 12.3. The molecule has 2 aliphatic rings. The average molecular weight is 242 g/mol. The number of morpholine rings is 1. The highest BCUT2D eigenvalue weighted by Crippen LogP contribution is 2.25. The largest absolute Gasteiger partial charge is 0.394 e. The maximum Gasteiger partial charge on any atom is 0.225 e. The van der Waals surface area contributed by atoms with Crippen LogP contribution in [0.3, 0.4) is 0 Å². The van der Waals surface area contributed by atoms with Crippen LogP contribution in [0.1, 0.15) is 25.7 Å². The molecular weight excluding hydrogens is 220 g/mol. The molecule has 5 heteroatoms. The van der Waals surface area contributed by atoms with E-state index in [1.807, 2.05) is 4.90 Å². The number of nitrogens with two attached hydrogens (primary N) is 1. The molecule has 1 saturated heterocycles. The van der Waals surface area contributed by atoms with E-state index >= 15 is 0 Å². The minimum atomic E-state index is -0.218. The second kappa shape index (κ2) is 5.80. The van der Waals surface area contributed by atoms with Crippen molar-refractivity contribution in [3.63, 3.8) is 0 Å². The maximum absolute atomic E-state index is 12.3. The Bertz CT molecular complexity index is 272. The molecule has 3 N–H and O–H groups in total. The lowest BCUT2D eigenvalue weighted by molar-refractivity contribution is -0.145. The monoisotopic (exact) mass is 242 g/mol. The van der Waals surface area contributed by atoms with Gasteiger partial charge in [-0.1, -0.05) is 6.42 Å². The Hall–Kier alpha value is -0.650. The van der Waals surface area contributed by atoms with Gasteiger partial charge in [-0.2, -0.15) is 0 Å². The number of aliphatic hydroxyl groups is 1. The fourth-order valence-electron chi connectivity index (χ4n) is 2.74. The molecule has 0 radical (unpaired) electrons. The summed E-state index contributed by atoms with van der Waals surface area (Å²) in [5.74, 6) is 0.276. The molecule has 1 heterocycles. The number of hydrogen-bond acceptors (Lipinski definition) is 4. The third-order valence-electron chi connectivity index (χ3n) is 3.72. The highest BCUT2D eigenvalue weighted by molar-refractivity contribution is 5.79. The van der Waals surface area contributed by atoms with Gasteiger partial charge < -0.3 is 20.5 Å². The van der Waals surface area contributed by atoms with E-state index in [1.165, 1.54) is 0 Å². The number of nitrogens with zero attached hydrogens (tertiary/aromatic N) is 1. The van der Waals surface area contributed by atoms with Crippen LogP contribution in [0.15, 0.2) is 0 Å². The summed E-state index contributed by atoms with van der Waals surface area (Å²) in [5.41, 5.74) is 5.91. The number of rotatable bonds is 2. The summed E-state index contributed by atoms with van der Waals surface area (Å²) in [5, 5.41) is 9.06. The molecule has 3 atom stereocenters. The Morgan fingerprint density at radius 3 is 3.00 bits per heavy atom. The lowest BCUT2D eigenvalue weighted by Crippen LogP contribution is -2.50. The molecule has 0 aromatic carbocycles. The van der Waals surface area contributed by atoms with Gasteiger partial charge in [0.2, 0.25) is 5.91 Å². The van der Waals surface area contributed by atoms with Crippen LogP contribution in [0, 0.1) is 5.92 Å². The van der Waals surface area contributed by atoms with Crippen LogP contribution in [-0.2, 0) is 9.53 Å². The first-order chi connectivity index (χ1) is 8.20. The SMILES string of the molecule is NC1CCCC(C(=O)N2CCOC(CO)C2)C1. The number of carbonyl (C=O) groups excluding carboxylic acids is 1. The highest BCUT2D eigenvalue weighted by Gasteiger charge is 2.31. The Morgan fingerprint density at radius 1 is 1.47 bits per heavy atom. The van der Waals surface area contributed by atoms with E-state index in [1.54, 1.807) is 0 Å². The molecule has 2 fully saturated rings. The van der Waals surface area contributed by atoms with Crippen LogP contribution in [0.2, 0.25) is 0 Å². The van der Waals surface area contributed by atoms with Crippen molar-refractivity contribution in [2.75, 3.05) is 26.3 Å². The number of hydrogen-bond donors (Lipinski definition) is 2. The highest BCUT2D eigenvalue weighted by atomic mass is 16.5. The molecule has 1 saturated carbocycles. The summed E-state index contributed by atoms with van der Waals surface area (Å²) in [6, 6.07) is 0.173.